The van der Waals surface area contributed by atoms with Crippen LogP contribution in [0.5, 0.6) is 0 Å². The summed E-state index contributed by atoms with van der Waals surface area (Å²) in [6.07, 6.45) is 0.868. The summed E-state index contributed by atoms with van der Waals surface area (Å²) in [7, 11) is 0. The average molecular weight is 396 g/mol. The Kier molecular flexibility index (Phi) is 8.31. The van der Waals surface area contributed by atoms with Gasteiger partial charge in [-0.1, -0.05) is 55.1 Å². The average Bonchev–Trinajstić information content (AvgIpc) is 2.76. The van der Waals surface area contributed by atoms with Crippen LogP contribution in [0.1, 0.15) is 32.7 Å². The fourth-order valence-electron chi connectivity index (χ4n) is 2.34. The Hall–Kier alpha value is -3.74. The van der Waals surface area contributed by atoms with Crippen molar-refractivity contribution in [2.75, 3.05) is 19.8 Å². The number of hydrogen-bond donors (Lipinski definition) is 0. The molecule has 0 aliphatic carbocycles. The predicted octanol–water partition coefficient (Wildman–Crippen LogP) is 2.74. The molecule has 7 nitrogen and oxygen atoms in total. The summed E-state index contributed by atoms with van der Waals surface area (Å²) >= 11 is 0. The Morgan fingerprint density at radius 2 is 1.38 bits per heavy atom. The minimum absolute atomic E-state index is 0.123. The van der Waals surface area contributed by atoms with Crippen LogP contribution in [0.4, 0.5) is 0 Å². The van der Waals surface area contributed by atoms with Gasteiger partial charge < -0.3 is 14.2 Å². The molecule has 0 unspecified atom stereocenters. The summed E-state index contributed by atoms with van der Waals surface area (Å²) in [5, 5.41) is 0. The molecule has 150 valence electrons. The largest absolute Gasteiger partial charge is 0.462 e. The first-order valence-electron chi connectivity index (χ1n) is 8.83. The molecule has 0 saturated heterocycles. The molecule has 2 rings (SSSR count). The summed E-state index contributed by atoms with van der Waals surface area (Å²) in [6, 6.07) is 14.9. The normalized spacial score (nSPS) is 9.93. The van der Waals surface area contributed by atoms with Gasteiger partial charge in [0.25, 0.3) is 0 Å². The number of carbonyl (C=O) groups is 4. The van der Waals surface area contributed by atoms with Crippen LogP contribution in [-0.2, 0) is 23.8 Å². The Balaban J connectivity index is 1.84. The van der Waals surface area contributed by atoms with Gasteiger partial charge in [-0.15, -0.1) is 0 Å². The first kappa shape index (κ1) is 21.6. The lowest BCUT2D eigenvalue weighted by atomic mass is 9.98. The Bertz CT molecular complexity index is 887. The third-order valence-electron chi connectivity index (χ3n) is 3.72. The van der Waals surface area contributed by atoms with Gasteiger partial charge in [0.1, 0.15) is 19.8 Å². The fourth-order valence-corrected chi connectivity index (χ4v) is 2.34. The second-order valence-electron chi connectivity index (χ2n) is 5.72. The Labute approximate surface area is 167 Å². The molecule has 2 aromatic rings. The van der Waals surface area contributed by atoms with Gasteiger partial charge in [0.15, 0.2) is 5.78 Å². The lowest BCUT2D eigenvalue weighted by molar-refractivity contribution is -0.148. The van der Waals surface area contributed by atoms with Crippen LogP contribution >= 0.6 is 0 Å². The van der Waals surface area contributed by atoms with Crippen LogP contribution in [-0.4, -0.2) is 43.5 Å². The van der Waals surface area contributed by atoms with E-state index >= 15 is 0 Å². The first-order chi connectivity index (χ1) is 14.0. The number of ketones is 1. The molecule has 0 radical (unpaired) electrons. The van der Waals surface area contributed by atoms with Gasteiger partial charge in [-0.2, -0.15) is 0 Å². The van der Waals surface area contributed by atoms with Crippen molar-refractivity contribution in [2.24, 2.45) is 0 Å². The minimum Gasteiger partial charge on any atom is -0.462 e. The van der Waals surface area contributed by atoms with Gasteiger partial charge in [-0.25, -0.2) is 9.59 Å². The number of esters is 3. The van der Waals surface area contributed by atoms with E-state index in [2.05, 4.69) is 11.3 Å². The highest BCUT2D eigenvalue weighted by atomic mass is 16.6. The Morgan fingerprint density at radius 3 is 2.07 bits per heavy atom. The molecule has 0 atom stereocenters. The van der Waals surface area contributed by atoms with Crippen molar-refractivity contribution in [3.8, 4) is 0 Å². The Morgan fingerprint density at radius 1 is 0.759 bits per heavy atom. The molecule has 0 fully saturated rings. The van der Waals surface area contributed by atoms with Gasteiger partial charge in [0.2, 0.25) is 0 Å². The van der Waals surface area contributed by atoms with E-state index in [1.165, 1.54) is 6.07 Å². The number of rotatable bonds is 10. The zero-order valence-electron chi connectivity index (χ0n) is 15.7. The molecule has 0 bridgehead atoms. The summed E-state index contributed by atoms with van der Waals surface area (Å²) in [5.41, 5.74) is 0.813. The first-order valence-corrected chi connectivity index (χ1v) is 8.83. The molecule has 0 heterocycles. The topological polar surface area (TPSA) is 96.0 Å². The quantitative estimate of drug-likeness (QED) is 0.200. The summed E-state index contributed by atoms with van der Waals surface area (Å²) in [6.45, 7) is 2.77. The van der Waals surface area contributed by atoms with Crippen LogP contribution in [0.3, 0.4) is 0 Å². The van der Waals surface area contributed by atoms with Crippen LogP contribution in [0.2, 0.25) is 0 Å². The smallest absolute Gasteiger partial charge is 0.339 e. The molecule has 0 amide bonds. The minimum atomic E-state index is -0.694. The van der Waals surface area contributed by atoms with Crippen molar-refractivity contribution in [2.45, 2.75) is 6.42 Å². The second-order valence-corrected chi connectivity index (χ2v) is 5.72. The summed E-state index contributed by atoms with van der Waals surface area (Å²) in [5.74, 6) is -2.22. The number of benzene rings is 2. The number of hydrogen-bond acceptors (Lipinski definition) is 7. The van der Waals surface area contributed by atoms with Crippen molar-refractivity contribution >= 4 is 23.7 Å². The zero-order valence-corrected chi connectivity index (χ0v) is 15.7. The highest BCUT2D eigenvalue weighted by Gasteiger charge is 2.19. The van der Waals surface area contributed by atoms with Gasteiger partial charge >= 0.3 is 17.9 Å². The summed E-state index contributed by atoms with van der Waals surface area (Å²) < 4.78 is 14.6. The van der Waals surface area contributed by atoms with E-state index in [0.29, 0.717) is 5.56 Å². The van der Waals surface area contributed by atoms with E-state index in [0.717, 1.165) is 6.08 Å². The lowest BCUT2D eigenvalue weighted by Gasteiger charge is -2.10. The fraction of sp³-hybridized carbons (Fsp3) is 0.182. The maximum atomic E-state index is 12.6. The predicted molar refractivity (Wildman–Crippen MR) is 103 cm³/mol. The van der Waals surface area contributed by atoms with Crippen LogP contribution < -0.4 is 0 Å². The number of carbonyl (C=O) groups excluding carboxylic acids is 4. The van der Waals surface area contributed by atoms with Crippen molar-refractivity contribution in [3.05, 3.63) is 83.9 Å². The van der Waals surface area contributed by atoms with Crippen molar-refractivity contribution in [1.82, 2.24) is 0 Å². The lowest BCUT2D eigenvalue weighted by Crippen LogP contribution is -2.17. The molecule has 0 spiro atoms. The van der Waals surface area contributed by atoms with Crippen LogP contribution in [0.25, 0.3) is 0 Å². The third-order valence-corrected chi connectivity index (χ3v) is 3.72. The molecular weight excluding hydrogens is 376 g/mol. The molecule has 0 aromatic heterocycles. The van der Waals surface area contributed by atoms with E-state index in [4.69, 9.17) is 9.47 Å². The SMILES string of the molecule is C=CC(=O)OCCC(=O)OCCOC(=O)c1ccccc1C(=O)c1ccccc1. The molecule has 0 saturated carbocycles. The molecule has 7 heteroatoms. The standard InChI is InChI=1S/C22H20O7/c1-2-19(23)27-13-12-20(24)28-14-15-29-22(26)18-11-7-6-10-17(18)21(25)16-8-4-3-5-9-16/h2-11H,1,12-15H2. The zero-order chi connectivity index (χ0) is 21.1. The van der Waals surface area contributed by atoms with E-state index in [1.807, 2.05) is 0 Å². The van der Waals surface area contributed by atoms with E-state index in [-0.39, 0.29) is 43.2 Å². The molecule has 0 aliphatic heterocycles. The van der Waals surface area contributed by atoms with Crippen molar-refractivity contribution < 1.29 is 33.4 Å². The highest BCUT2D eigenvalue weighted by Crippen LogP contribution is 2.15. The third kappa shape index (κ3) is 6.73. The second kappa shape index (κ2) is 11.2. The van der Waals surface area contributed by atoms with Crippen molar-refractivity contribution in [1.29, 1.82) is 0 Å². The van der Waals surface area contributed by atoms with Crippen LogP contribution in [0.15, 0.2) is 67.3 Å². The molecule has 29 heavy (non-hydrogen) atoms. The van der Waals surface area contributed by atoms with E-state index in [1.54, 1.807) is 48.5 Å². The molecule has 0 N–H and O–H groups in total. The maximum absolute atomic E-state index is 12.6. The molecule has 2 aromatic carbocycles. The highest BCUT2D eigenvalue weighted by molar-refractivity contribution is 6.14. The van der Waals surface area contributed by atoms with Crippen LogP contribution in [0, 0.1) is 0 Å². The number of ether oxygens (including phenoxy) is 3. The van der Waals surface area contributed by atoms with Gasteiger partial charge in [0.05, 0.1) is 12.0 Å². The monoisotopic (exact) mass is 396 g/mol. The van der Waals surface area contributed by atoms with Gasteiger partial charge in [-0.3, -0.25) is 9.59 Å². The maximum Gasteiger partial charge on any atom is 0.339 e. The van der Waals surface area contributed by atoms with Gasteiger partial charge in [0, 0.05) is 17.2 Å². The molecule has 0 aliphatic rings. The molecular formula is C22H20O7. The van der Waals surface area contributed by atoms with Crippen molar-refractivity contribution in [3.63, 3.8) is 0 Å². The van der Waals surface area contributed by atoms with Gasteiger partial charge in [-0.05, 0) is 6.07 Å². The van der Waals surface area contributed by atoms with E-state index in [9.17, 15) is 19.2 Å². The summed E-state index contributed by atoms with van der Waals surface area (Å²) in [4.78, 5) is 47.3. The van der Waals surface area contributed by atoms with E-state index < -0.39 is 17.9 Å².